The number of benzene rings is 1. The number of rotatable bonds is 9. The lowest BCUT2D eigenvalue weighted by Gasteiger charge is -2.20. The summed E-state index contributed by atoms with van der Waals surface area (Å²) in [5, 5.41) is 3.28. The van der Waals surface area contributed by atoms with Crippen molar-refractivity contribution in [2.24, 2.45) is 0 Å². The van der Waals surface area contributed by atoms with Crippen LogP contribution in [-0.4, -0.2) is 43.7 Å². The number of alkyl halides is 2. The number of carbonyl (C=O) groups excluding carboxylic acids is 1. The monoisotopic (exact) mass is 392 g/mol. The van der Waals surface area contributed by atoms with E-state index in [9.17, 15) is 13.6 Å². The lowest BCUT2D eigenvalue weighted by Crippen LogP contribution is -2.36. The molecule has 1 aromatic carbocycles. The van der Waals surface area contributed by atoms with Crippen molar-refractivity contribution in [2.45, 2.75) is 45.8 Å². The highest BCUT2D eigenvalue weighted by molar-refractivity contribution is 5.85. The van der Waals surface area contributed by atoms with Gasteiger partial charge in [0.2, 0.25) is 5.91 Å². The summed E-state index contributed by atoms with van der Waals surface area (Å²) in [4.78, 5) is 13.8. The fraction of sp³-hybridized carbons (Fsp3) is 0.611. The molecule has 1 aliphatic rings. The van der Waals surface area contributed by atoms with Crippen LogP contribution in [0.1, 0.15) is 38.2 Å². The average Bonchev–Trinajstić information content (AvgIpc) is 2.78. The number of nitrogens with one attached hydrogen (secondary N) is 1. The van der Waals surface area contributed by atoms with Crippen molar-refractivity contribution in [3.05, 3.63) is 23.8 Å². The highest BCUT2D eigenvalue weighted by Crippen LogP contribution is 2.29. The van der Waals surface area contributed by atoms with Crippen molar-refractivity contribution >= 4 is 18.3 Å². The molecule has 0 unspecified atom stereocenters. The van der Waals surface area contributed by atoms with Gasteiger partial charge in [-0.3, -0.25) is 4.79 Å². The summed E-state index contributed by atoms with van der Waals surface area (Å²) in [6.07, 6.45) is 3.80. The third-order valence-corrected chi connectivity index (χ3v) is 4.08. The Balaban J connectivity index is 0.00000338. The normalized spacial score (nSPS) is 14.8. The summed E-state index contributed by atoms with van der Waals surface area (Å²) >= 11 is 0. The van der Waals surface area contributed by atoms with Crippen LogP contribution in [0.5, 0.6) is 11.5 Å². The minimum Gasteiger partial charge on any atom is -0.490 e. The molecule has 1 saturated heterocycles. The third-order valence-electron chi connectivity index (χ3n) is 4.08. The number of hydrogen-bond acceptors (Lipinski definition) is 4. The van der Waals surface area contributed by atoms with E-state index >= 15 is 0 Å². The van der Waals surface area contributed by atoms with E-state index in [2.05, 4.69) is 10.1 Å². The van der Waals surface area contributed by atoms with Crippen molar-refractivity contribution in [1.29, 1.82) is 0 Å². The zero-order valence-corrected chi connectivity index (χ0v) is 15.8. The van der Waals surface area contributed by atoms with Crippen LogP contribution < -0.4 is 14.8 Å². The summed E-state index contributed by atoms with van der Waals surface area (Å²) in [6, 6.07) is 4.92. The SMILES string of the molecule is CCOc1cc(CNCCN2CCCCCC2=O)ccc1OC(F)F.Cl. The van der Waals surface area contributed by atoms with Gasteiger partial charge < -0.3 is 19.7 Å². The molecule has 0 bridgehead atoms. The second kappa shape index (κ2) is 11.9. The van der Waals surface area contributed by atoms with Crippen LogP contribution in [0.2, 0.25) is 0 Å². The first-order chi connectivity index (χ1) is 12.1. The molecule has 2 rings (SSSR count). The molecule has 8 heteroatoms. The predicted molar refractivity (Wildman–Crippen MR) is 98.2 cm³/mol. The molecule has 1 amide bonds. The second-order valence-corrected chi connectivity index (χ2v) is 5.96. The highest BCUT2D eigenvalue weighted by Gasteiger charge is 2.16. The molecule has 0 aliphatic carbocycles. The zero-order chi connectivity index (χ0) is 18.1. The smallest absolute Gasteiger partial charge is 0.387 e. The number of halogens is 3. The van der Waals surface area contributed by atoms with Gasteiger partial charge in [0.15, 0.2) is 11.5 Å². The van der Waals surface area contributed by atoms with E-state index in [4.69, 9.17) is 4.74 Å². The number of nitrogens with zero attached hydrogens (tertiary/aromatic N) is 1. The van der Waals surface area contributed by atoms with Crippen LogP contribution in [0.3, 0.4) is 0 Å². The van der Waals surface area contributed by atoms with Crippen molar-refractivity contribution in [3.63, 3.8) is 0 Å². The topological polar surface area (TPSA) is 50.8 Å². The van der Waals surface area contributed by atoms with Crippen molar-refractivity contribution in [1.82, 2.24) is 10.2 Å². The van der Waals surface area contributed by atoms with E-state index in [-0.39, 0.29) is 24.1 Å². The Bertz CT molecular complexity index is 561. The second-order valence-electron chi connectivity index (χ2n) is 5.96. The standard InChI is InChI=1S/C18H26F2N2O3.ClH/c1-2-24-16-12-14(7-8-15(16)25-18(19)20)13-21-9-11-22-10-5-3-4-6-17(22)23;/h7-8,12,18,21H,2-6,9-11,13H2,1H3;1H. The molecule has 0 atom stereocenters. The molecule has 0 saturated carbocycles. The van der Waals surface area contributed by atoms with Crippen LogP contribution in [0.25, 0.3) is 0 Å². The predicted octanol–water partition coefficient (Wildman–Crippen LogP) is 3.60. The fourth-order valence-corrected chi connectivity index (χ4v) is 2.85. The number of amides is 1. The van der Waals surface area contributed by atoms with Gasteiger partial charge >= 0.3 is 6.61 Å². The van der Waals surface area contributed by atoms with Crippen LogP contribution >= 0.6 is 12.4 Å². The molecular formula is C18H27ClF2N2O3. The molecule has 26 heavy (non-hydrogen) atoms. The molecule has 0 aromatic heterocycles. The van der Waals surface area contributed by atoms with Gasteiger partial charge in [0.05, 0.1) is 6.61 Å². The Morgan fingerprint density at radius 3 is 2.77 bits per heavy atom. The Hall–Kier alpha value is -1.60. The van der Waals surface area contributed by atoms with Gasteiger partial charge in [0, 0.05) is 32.6 Å². The lowest BCUT2D eigenvalue weighted by molar-refractivity contribution is -0.130. The number of hydrogen-bond donors (Lipinski definition) is 1. The quantitative estimate of drug-likeness (QED) is 0.652. The molecule has 5 nitrogen and oxygen atoms in total. The molecule has 1 N–H and O–H groups in total. The van der Waals surface area contributed by atoms with Crippen molar-refractivity contribution in [3.8, 4) is 11.5 Å². The van der Waals surface area contributed by atoms with Crippen LogP contribution in [0.15, 0.2) is 18.2 Å². The van der Waals surface area contributed by atoms with Crippen molar-refractivity contribution < 1.29 is 23.0 Å². The van der Waals surface area contributed by atoms with Crippen LogP contribution in [0, 0.1) is 0 Å². The van der Waals surface area contributed by atoms with Gasteiger partial charge in [0.25, 0.3) is 0 Å². The van der Waals surface area contributed by atoms with E-state index in [1.54, 1.807) is 19.1 Å². The lowest BCUT2D eigenvalue weighted by atomic mass is 10.2. The van der Waals surface area contributed by atoms with Gasteiger partial charge in [-0.05, 0) is 37.5 Å². The molecule has 1 aliphatic heterocycles. The largest absolute Gasteiger partial charge is 0.490 e. The van der Waals surface area contributed by atoms with Gasteiger partial charge in [0.1, 0.15) is 0 Å². The first-order valence-corrected chi connectivity index (χ1v) is 8.79. The van der Waals surface area contributed by atoms with Gasteiger partial charge in [-0.15, -0.1) is 12.4 Å². The Labute approximate surface area is 159 Å². The zero-order valence-electron chi connectivity index (χ0n) is 15.0. The highest BCUT2D eigenvalue weighted by atomic mass is 35.5. The number of carbonyl (C=O) groups is 1. The number of likely N-dealkylation sites (tertiary alicyclic amines) is 1. The maximum Gasteiger partial charge on any atom is 0.387 e. The van der Waals surface area contributed by atoms with Gasteiger partial charge in [-0.2, -0.15) is 8.78 Å². The minimum absolute atomic E-state index is 0. The first-order valence-electron chi connectivity index (χ1n) is 8.79. The van der Waals surface area contributed by atoms with Gasteiger partial charge in [-0.25, -0.2) is 0 Å². The Kier molecular flexibility index (Phi) is 10.3. The summed E-state index contributed by atoms with van der Waals surface area (Å²) in [7, 11) is 0. The molecule has 1 aromatic rings. The molecule has 1 heterocycles. The summed E-state index contributed by atoms with van der Waals surface area (Å²) in [5.74, 6) is 0.576. The fourth-order valence-electron chi connectivity index (χ4n) is 2.85. The molecule has 148 valence electrons. The van der Waals surface area contributed by atoms with E-state index < -0.39 is 6.61 Å². The molecule has 1 fully saturated rings. The van der Waals surface area contributed by atoms with Crippen LogP contribution in [-0.2, 0) is 11.3 Å². The number of ether oxygens (including phenoxy) is 2. The van der Waals surface area contributed by atoms with E-state index in [0.29, 0.717) is 38.4 Å². The molecular weight excluding hydrogens is 366 g/mol. The van der Waals surface area contributed by atoms with E-state index in [1.807, 2.05) is 4.90 Å². The Morgan fingerprint density at radius 1 is 1.23 bits per heavy atom. The maximum atomic E-state index is 12.4. The minimum atomic E-state index is -2.88. The average molecular weight is 393 g/mol. The van der Waals surface area contributed by atoms with Crippen LogP contribution in [0.4, 0.5) is 8.78 Å². The maximum absolute atomic E-state index is 12.4. The summed E-state index contributed by atoms with van der Waals surface area (Å²) in [5.41, 5.74) is 0.909. The summed E-state index contributed by atoms with van der Waals surface area (Å²) in [6.45, 7) is 2.04. The first kappa shape index (κ1) is 22.4. The molecule has 0 spiro atoms. The van der Waals surface area contributed by atoms with Gasteiger partial charge in [-0.1, -0.05) is 12.5 Å². The summed E-state index contributed by atoms with van der Waals surface area (Å²) < 4.78 is 34.6. The molecule has 0 radical (unpaired) electrons. The third kappa shape index (κ3) is 7.33. The van der Waals surface area contributed by atoms with Crippen molar-refractivity contribution in [2.75, 3.05) is 26.2 Å². The Morgan fingerprint density at radius 2 is 2.04 bits per heavy atom. The van der Waals surface area contributed by atoms with E-state index in [0.717, 1.165) is 31.4 Å². The van der Waals surface area contributed by atoms with E-state index in [1.165, 1.54) is 6.07 Å².